The second-order valence-corrected chi connectivity index (χ2v) is 5.25. The molecule has 0 spiro atoms. The van der Waals surface area contributed by atoms with Gasteiger partial charge < -0.3 is 19.5 Å². The molecule has 1 aromatic heterocycles. The van der Waals surface area contributed by atoms with Crippen molar-refractivity contribution in [3.8, 4) is 0 Å². The van der Waals surface area contributed by atoms with Crippen LogP contribution in [-0.2, 0) is 11.3 Å². The number of nitrogens with zero attached hydrogens (tertiary/aromatic N) is 4. The first-order chi connectivity index (χ1) is 9.70. The molecule has 0 saturated carbocycles. The van der Waals surface area contributed by atoms with E-state index in [0.29, 0.717) is 5.92 Å². The van der Waals surface area contributed by atoms with Crippen LogP contribution in [0.1, 0.15) is 12.2 Å². The maximum Gasteiger partial charge on any atom is 0.193 e. The highest BCUT2D eigenvalue weighted by Gasteiger charge is 2.18. The van der Waals surface area contributed by atoms with Crippen molar-refractivity contribution in [2.75, 3.05) is 40.4 Å². The highest BCUT2D eigenvalue weighted by atomic mass is 16.5. The predicted octanol–water partition coefficient (Wildman–Crippen LogP) is 0.735. The van der Waals surface area contributed by atoms with Crippen LogP contribution in [0.25, 0.3) is 0 Å². The van der Waals surface area contributed by atoms with Crippen molar-refractivity contribution in [2.24, 2.45) is 10.9 Å². The van der Waals surface area contributed by atoms with Crippen molar-refractivity contribution in [2.45, 2.75) is 19.9 Å². The smallest absolute Gasteiger partial charge is 0.193 e. The van der Waals surface area contributed by atoms with E-state index >= 15 is 0 Å². The molecule has 0 radical (unpaired) electrons. The average Bonchev–Trinajstić information content (AvgIpc) is 3.07. The van der Waals surface area contributed by atoms with Crippen LogP contribution in [-0.4, -0.2) is 60.8 Å². The number of guanidine groups is 1. The molecule has 2 rings (SSSR count). The molecule has 20 heavy (non-hydrogen) atoms. The van der Waals surface area contributed by atoms with E-state index in [1.54, 1.807) is 0 Å². The van der Waals surface area contributed by atoms with Gasteiger partial charge in [-0.1, -0.05) is 0 Å². The third-order valence-electron chi connectivity index (χ3n) is 3.69. The van der Waals surface area contributed by atoms with Gasteiger partial charge in [0.15, 0.2) is 5.96 Å². The summed E-state index contributed by atoms with van der Waals surface area (Å²) in [6.45, 7) is 6.51. The highest BCUT2D eigenvalue weighted by molar-refractivity contribution is 5.79. The number of hydrogen-bond donors (Lipinski definition) is 1. The molecule has 0 aliphatic carbocycles. The van der Waals surface area contributed by atoms with Crippen LogP contribution < -0.4 is 5.32 Å². The number of aryl methyl sites for hydroxylation is 1. The molecule has 6 heteroatoms. The summed E-state index contributed by atoms with van der Waals surface area (Å²) in [7, 11) is 3.91. The second kappa shape index (κ2) is 7.28. The summed E-state index contributed by atoms with van der Waals surface area (Å²) in [5.41, 5.74) is 0. The highest BCUT2D eigenvalue weighted by Crippen LogP contribution is 2.13. The van der Waals surface area contributed by atoms with Gasteiger partial charge in [0.25, 0.3) is 0 Å². The number of aliphatic imine (C=N–C) groups is 1. The summed E-state index contributed by atoms with van der Waals surface area (Å²) in [6, 6.07) is 0. The molecule has 1 aliphatic heterocycles. The summed E-state index contributed by atoms with van der Waals surface area (Å²) in [4.78, 5) is 10.7. The quantitative estimate of drug-likeness (QED) is 0.638. The van der Waals surface area contributed by atoms with E-state index < -0.39 is 0 Å². The number of rotatable bonds is 5. The molecule has 1 fully saturated rings. The van der Waals surface area contributed by atoms with Gasteiger partial charge in [0.2, 0.25) is 0 Å². The van der Waals surface area contributed by atoms with Crippen LogP contribution in [0.4, 0.5) is 0 Å². The maximum atomic E-state index is 5.42. The molecule has 6 nitrogen and oxygen atoms in total. The van der Waals surface area contributed by atoms with Crippen LogP contribution in [0.2, 0.25) is 0 Å². The van der Waals surface area contributed by atoms with Crippen LogP contribution in [0.5, 0.6) is 0 Å². The first-order valence-corrected chi connectivity index (χ1v) is 7.18. The molecule has 112 valence electrons. The maximum absolute atomic E-state index is 5.42. The van der Waals surface area contributed by atoms with Crippen molar-refractivity contribution in [1.82, 2.24) is 19.8 Å². The molecule has 0 amide bonds. The van der Waals surface area contributed by atoms with Gasteiger partial charge in [-0.15, -0.1) is 0 Å². The summed E-state index contributed by atoms with van der Waals surface area (Å²) < 4.78 is 7.55. The molecule has 1 atom stereocenters. The molecular formula is C14H25N5O. The van der Waals surface area contributed by atoms with Gasteiger partial charge in [0, 0.05) is 58.6 Å². The Kier molecular flexibility index (Phi) is 5.40. The van der Waals surface area contributed by atoms with Crippen molar-refractivity contribution in [3.05, 3.63) is 18.2 Å². The van der Waals surface area contributed by atoms with E-state index in [0.717, 1.165) is 51.1 Å². The zero-order chi connectivity index (χ0) is 14.4. The van der Waals surface area contributed by atoms with Gasteiger partial charge >= 0.3 is 0 Å². The first kappa shape index (κ1) is 14.8. The van der Waals surface area contributed by atoms with Gasteiger partial charge in [-0.25, -0.2) is 4.98 Å². The van der Waals surface area contributed by atoms with E-state index in [1.807, 2.05) is 26.4 Å². The minimum Gasteiger partial charge on any atom is -0.381 e. The van der Waals surface area contributed by atoms with Crippen LogP contribution in [0.3, 0.4) is 0 Å². The third kappa shape index (κ3) is 3.96. The van der Waals surface area contributed by atoms with E-state index in [-0.39, 0.29) is 0 Å². The molecule has 0 bridgehead atoms. The zero-order valence-corrected chi connectivity index (χ0v) is 12.7. The predicted molar refractivity (Wildman–Crippen MR) is 79.9 cm³/mol. The van der Waals surface area contributed by atoms with Gasteiger partial charge in [-0.2, -0.15) is 0 Å². The van der Waals surface area contributed by atoms with Crippen molar-refractivity contribution >= 4 is 5.96 Å². The molecule has 1 aliphatic rings. The lowest BCUT2D eigenvalue weighted by Gasteiger charge is -2.24. The molecular weight excluding hydrogens is 254 g/mol. The van der Waals surface area contributed by atoms with Gasteiger partial charge in [-0.3, -0.25) is 4.99 Å². The Hall–Kier alpha value is -1.56. The molecule has 2 heterocycles. The SMILES string of the molecule is CN=C(NCCn1ccnc1C)N(C)CC1CCOC1. The van der Waals surface area contributed by atoms with Gasteiger partial charge in [-0.05, 0) is 13.3 Å². The monoisotopic (exact) mass is 279 g/mol. The lowest BCUT2D eigenvalue weighted by molar-refractivity contribution is 0.181. The fourth-order valence-electron chi connectivity index (χ4n) is 2.51. The van der Waals surface area contributed by atoms with Gasteiger partial charge in [0.1, 0.15) is 5.82 Å². The molecule has 1 N–H and O–H groups in total. The van der Waals surface area contributed by atoms with E-state index in [1.165, 1.54) is 0 Å². The Labute approximate surface area is 120 Å². The number of hydrogen-bond acceptors (Lipinski definition) is 3. The van der Waals surface area contributed by atoms with Crippen molar-refractivity contribution in [1.29, 1.82) is 0 Å². The minimum atomic E-state index is 0.620. The lowest BCUT2D eigenvalue weighted by atomic mass is 10.1. The Morgan fingerprint density at radius 1 is 1.65 bits per heavy atom. The molecule has 1 aromatic rings. The number of imidazole rings is 1. The Morgan fingerprint density at radius 2 is 2.50 bits per heavy atom. The fourth-order valence-corrected chi connectivity index (χ4v) is 2.51. The normalized spacial score (nSPS) is 19.4. The standard InChI is InChI=1S/C14H25N5O/c1-12-16-5-7-19(12)8-6-17-14(15-2)18(3)10-13-4-9-20-11-13/h5,7,13H,4,6,8-11H2,1-3H3,(H,15,17). The first-order valence-electron chi connectivity index (χ1n) is 7.18. The molecule has 1 saturated heterocycles. The lowest BCUT2D eigenvalue weighted by Crippen LogP contribution is -2.42. The van der Waals surface area contributed by atoms with Crippen molar-refractivity contribution in [3.63, 3.8) is 0 Å². The Morgan fingerprint density at radius 3 is 3.10 bits per heavy atom. The Bertz CT molecular complexity index is 437. The van der Waals surface area contributed by atoms with Crippen LogP contribution in [0, 0.1) is 12.8 Å². The molecule has 0 aromatic carbocycles. The minimum absolute atomic E-state index is 0.620. The number of nitrogens with one attached hydrogen (secondary N) is 1. The topological polar surface area (TPSA) is 54.7 Å². The van der Waals surface area contributed by atoms with E-state index in [9.17, 15) is 0 Å². The van der Waals surface area contributed by atoms with Crippen LogP contribution >= 0.6 is 0 Å². The van der Waals surface area contributed by atoms with Crippen LogP contribution in [0.15, 0.2) is 17.4 Å². The largest absolute Gasteiger partial charge is 0.381 e. The third-order valence-corrected chi connectivity index (χ3v) is 3.69. The van der Waals surface area contributed by atoms with E-state index in [2.05, 4.69) is 31.8 Å². The molecule has 1 unspecified atom stereocenters. The fraction of sp³-hybridized carbons (Fsp3) is 0.714. The van der Waals surface area contributed by atoms with E-state index in [4.69, 9.17) is 4.74 Å². The summed E-state index contributed by atoms with van der Waals surface area (Å²) in [5.74, 6) is 2.60. The van der Waals surface area contributed by atoms with Gasteiger partial charge in [0.05, 0.1) is 6.61 Å². The summed E-state index contributed by atoms with van der Waals surface area (Å²) in [5, 5.41) is 3.40. The summed E-state index contributed by atoms with van der Waals surface area (Å²) >= 11 is 0. The average molecular weight is 279 g/mol. The zero-order valence-electron chi connectivity index (χ0n) is 12.7. The Balaban J connectivity index is 1.75. The number of aromatic nitrogens is 2. The second-order valence-electron chi connectivity index (χ2n) is 5.25. The number of ether oxygens (including phenoxy) is 1. The van der Waals surface area contributed by atoms with Crippen molar-refractivity contribution < 1.29 is 4.74 Å². The summed E-state index contributed by atoms with van der Waals surface area (Å²) in [6.07, 6.45) is 4.98.